The van der Waals surface area contributed by atoms with Crippen LogP contribution in [0, 0.1) is 34.8 Å². The van der Waals surface area contributed by atoms with Crippen molar-refractivity contribution in [3.8, 4) is 0 Å². The highest BCUT2D eigenvalue weighted by molar-refractivity contribution is 6.30. The average Bonchev–Trinajstić information content (AvgIpc) is 2.94. The van der Waals surface area contributed by atoms with Gasteiger partial charge in [0.1, 0.15) is 31.5 Å². The van der Waals surface area contributed by atoms with Crippen molar-refractivity contribution >= 4 is 29.5 Å². The summed E-state index contributed by atoms with van der Waals surface area (Å²) >= 11 is 5.74. The van der Waals surface area contributed by atoms with Crippen molar-refractivity contribution in [1.29, 1.82) is 0 Å². The van der Waals surface area contributed by atoms with E-state index in [0.29, 0.717) is 18.2 Å². The van der Waals surface area contributed by atoms with Gasteiger partial charge in [0, 0.05) is 5.02 Å². The first-order chi connectivity index (χ1) is 21.1. The van der Waals surface area contributed by atoms with Gasteiger partial charge in [-0.25, -0.2) is 8.78 Å². The Morgan fingerprint density at radius 3 is 1.35 bits per heavy atom. The Kier molecular flexibility index (Phi) is 19.8. The molecule has 0 atom stereocenters. The minimum Gasteiger partial charge on any atom is -0.460 e. The molecule has 48 heavy (non-hydrogen) atoms. The van der Waals surface area contributed by atoms with E-state index in [1.807, 2.05) is 84.9 Å². The number of hydrogen-bond acceptors (Lipinski definition) is 6. The SMILES string of the molecule is C.C.CC(C)(C)C(=O)OCc1c(F)cccc1F.CC(C)(C)C(=O)OCc1ccc(Cl)cc1.Cc1cccc(COC(=O)C(C)(C)C)c1. The van der Waals surface area contributed by atoms with Gasteiger partial charge in [-0.05, 0) is 105 Å². The monoisotopic (exact) mass is 692 g/mol. The fourth-order valence-corrected chi connectivity index (χ4v) is 3.26. The molecule has 3 aromatic carbocycles. The van der Waals surface area contributed by atoms with Gasteiger partial charge in [0.2, 0.25) is 0 Å². The molecule has 0 saturated carbocycles. The third-order valence-corrected chi connectivity index (χ3v) is 6.23. The zero-order chi connectivity index (χ0) is 35.3. The quantitative estimate of drug-likeness (QED) is 0.189. The van der Waals surface area contributed by atoms with Crippen molar-refractivity contribution in [2.45, 2.75) is 104 Å². The van der Waals surface area contributed by atoms with E-state index in [2.05, 4.69) is 0 Å². The molecular formula is C39H55ClF2O6. The summed E-state index contributed by atoms with van der Waals surface area (Å²) in [6.07, 6.45) is 0. The van der Waals surface area contributed by atoms with Crippen molar-refractivity contribution in [2.24, 2.45) is 16.2 Å². The molecule has 0 fully saturated rings. The molecule has 3 aromatic rings. The molecule has 268 valence electrons. The van der Waals surface area contributed by atoms with Gasteiger partial charge in [-0.15, -0.1) is 0 Å². The molecule has 0 N–H and O–H groups in total. The zero-order valence-corrected chi connectivity index (χ0v) is 29.3. The van der Waals surface area contributed by atoms with E-state index >= 15 is 0 Å². The summed E-state index contributed by atoms with van der Waals surface area (Å²) < 4.78 is 41.5. The number of esters is 3. The zero-order valence-electron chi connectivity index (χ0n) is 28.6. The van der Waals surface area contributed by atoms with Crippen molar-refractivity contribution in [3.63, 3.8) is 0 Å². The molecule has 9 heteroatoms. The predicted molar refractivity (Wildman–Crippen MR) is 190 cm³/mol. The van der Waals surface area contributed by atoms with E-state index in [0.717, 1.165) is 23.3 Å². The summed E-state index contributed by atoms with van der Waals surface area (Å²) in [5, 5.41) is 0.681. The van der Waals surface area contributed by atoms with Crippen LogP contribution < -0.4 is 0 Å². The van der Waals surface area contributed by atoms with E-state index in [1.54, 1.807) is 32.9 Å². The lowest BCUT2D eigenvalue weighted by Gasteiger charge is -2.16. The Morgan fingerprint density at radius 1 is 0.583 bits per heavy atom. The Balaban J connectivity index is 0. The molecule has 0 spiro atoms. The first-order valence-electron chi connectivity index (χ1n) is 14.9. The van der Waals surface area contributed by atoms with Crippen LogP contribution in [0.3, 0.4) is 0 Å². The summed E-state index contributed by atoms with van der Waals surface area (Å²) in [5.74, 6) is -2.26. The number of benzene rings is 3. The third-order valence-electron chi connectivity index (χ3n) is 5.98. The normalized spacial score (nSPS) is 10.8. The van der Waals surface area contributed by atoms with Gasteiger partial charge >= 0.3 is 17.9 Å². The lowest BCUT2D eigenvalue weighted by atomic mass is 9.97. The maximum absolute atomic E-state index is 13.2. The topological polar surface area (TPSA) is 78.9 Å². The molecule has 0 bridgehead atoms. The maximum Gasteiger partial charge on any atom is 0.311 e. The summed E-state index contributed by atoms with van der Waals surface area (Å²) in [6.45, 7) is 18.4. The van der Waals surface area contributed by atoms with Crippen molar-refractivity contribution < 1.29 is 37.4 Å². The molecule has 3 rings (SSSR count). The highest BCUT2D eigenvalue weighted by Crippen LogP contribution is 2.20. The van der Waals surface area contributed by atoms with Gasteiger partial charge in [-0.1, -0.05) is 74.5 Å². The number of hydrogen-bond donors (Lipinski definition) is 0. The Bertz CT molecular complexity index is 1410. The second-order valence-electron chi connectivity index (χ2n) is 13.8. The van der Waals surface area contributed by atoms with Crippen molar-refractivity contribution in [3.05, 3.63) is 106 Å². The smallest absolute Gasteiger partial charge is 0.311 e. The Labute approximate surface area is 292 Å². The number of aryl methyl sites for hydroxylation is 1. The fraction of sp³-hybridized carbons (Fsp3) is 0.462. The highest BCUT2D eigenvalue weighted by atomic mass is 35.5. The highest BCUT2D eigenvalue weighted by Gasteiger charge is 2.25. The predicted octanol–water partition coefficient (Wildman–Crippen LogP) is 10.8. The van der Waals surface area contributed by atoms with E-state index in [1.165, 1.54) is 11.6 Å². The minimum absolute atomic E-state index is 0. The number of carbonyl (C=O) groups excluding carboxylic acids is 3. The van der Waals surface area contributed by atoms with Gasteiger partial charge in [-0.2, -0.15) is 0 Å². The standard InChI is InChI=1S/C13H18O2.C12H15ClO2.C12H14F2O2.2CH4/c1-10-6-5-7-11(8-10)9-15-12(14)13(2,3)4;1-12(2,3)11(14)15-8-9-4-6-10(13)7-5-9;1-12(2,3)11(15)16-7-8-9(13)5-4-6-10(8)14;;/h5-8H,9H2,1-4H3;4-7H,8H2,1-3H3;4-6H,7H2,1-3H3;2*1H4. The van der Waals surface area contributed by atoms with Crippen LogP contribution >= 0.6 is 11.6 Å². The first kappa shape index (κ1) is 46.3. The van der Waals surface area contributed by atoms with Crippen LogP contribution in [0.1, 0.15) is 99.4 Å². The molecule has 0 amide bonds. The van der Waals surface area contributed by atoms with E-state index in [4.69, 9.17) is 25.8 Å². The van der Waals surface area contributed by atoms with Gasteiger partial charge in [-0.3, -0.25) is 14.4 Å². The van der Waals surface area contributed by atoms with Gasteiger partial charge in [0.25, 0.3) is 0 Å². The molecular weight excluding hydrogens is 638 g/mol. The molecule has 0 aromatic heterocycles. The van der Waals surface area contributed by atoms with Crippen LogP contribution in [0.15, 0.2) is 66.7 Å². The van der Waals surface area contributed by atoms with Gasteiger partial charge in [0.05, 0.1) is 21.8 Å². The second kappa shape index (κ2) is 20.6. The summed E-state index contributed by atoms with van der Waals surface area (Å²) in [4.78, 5) is 34.4. The molecule has 0 aliphatic heterocycles. The van der Waals surface area contributed by atoms with E-state index in [9.17, 15) is 23.2 Å². The van der Waals surface area contributed by atoms with Crippen LogP contribution in [-0.2, 0) is 48.4 Å². The summed E-state index contributed by atoms with van der Waals surface area (Å²) in [6, 6.07) is 18.7. The lowest BCUT2D eigenvalue weighted by molar-refractivity contribution is -0.155. The largest absolute Gasteiger partial charge is 0.460 e. The summed E-state index contributed by atoms with van der Waals surface area (Å²) in [7, 11) is 0. The lowest BCUT2D eigenvalue weighted by Crippen LogP contribution is -2.23. The minimum atomic E-state index is -0.707. The Hall–Kier alpha value is -3.78. The summed E-state index contributed by atoms with van der Waals surface area (Å²) in [5.41, 5.74) is 1.38. The molecule has 0 unspecified atom stereocenters. The van der Waals surface area contributed by atoms with Gasteiger partial charge in [0.15, 0.2) is 0 Å². The molecule has 0 radical (unpaired) electrons. The van der Waals surface area contributed by atoms with Crippen LogP contribution in [0.5, 0.6) is 0 Å². The maximum atomic E-state index is 13.2. The van der Waals surface area contributed by atoms with E-state index < -0.39 is 33.8 Å². The average molecular weight is 693 g/mol. The van der Waals surface area contributed by atoms with Crippen LogP contribution in [0.2, 0.25) is 5.02 Å². The number of ether oxygens (including phenoxy) is 3. The molecule has 0 aliphatic rings. The fourth-order valence-electron chi connectivity index (χ4n) is 3.14. The Morgan fingerprint density at radius 2 is 0.958 bits per heavy atom. The molecule has 0 heterocycles. The van der Waals surface area contributed by atoms with Crippen molar-refractivity contribution in [2.75, 3.05) is 0 Å². The molecule has 6 nitrogen and oxygen atoms in total. The second-order valence-corrected chi connectivity index (χ2v) is 14.2. The van der Waals surface area contributed by atoms with E-state index in [-0.39, 0.29) is 39.0 Å². The van der Waals surface area contributed by atoms with Crippen LogP contribution in [0.4, 0.5) is 8.78 Å². The molecule has 0 saturated heterocycles. The third kappa shape index (κ3) is 17.9. The number of rotatable bonds is 6. The number of carbonyl (C=O) groups is 3. The molecule has 0 aliphatic carbocycles. The number of halogens is 3. The van der Waals surface area contributed by atoms with Crippen molar-refractivity contribution in [1.82, 2.24) is 0 Å². The van der Waals surface area contributed by atoms with Crippen LogP contribution in [0.25, 0.3) is 0 Å². The van der Waals surface area contributed by atoms with Crippen LogP contribution in [-0.4, -0.2) is 17.9 Å². The first-order valence-corrected chi connectivity index (χ1v) is 15.2. The van der Waals surface area contributed by atoms with Gasteiger partial charge < -0.3 is 14.2 Å².